The normalized spacial score (nSPS) is 34.7. The average molecular weight is 280 g/mol. The zero-order valence-electron chi connectivity index (χ0n) is 12.8. The highest BCUT2D eigenvalue weighted by molar-refractivity contribution is 5.83. The molecule has 0 heterocycles. The summed E-state index contributed by atoms with van der Waals surface area (Å²) in [5.74, 6) is 1.21. The number of benzene rings is 2. The molecule has 1 N–H and O–H groups in total. The van der Waals surface area contributed by atoms with Crippen molar-refractivity contribution in [2.45, 2.75) is 50.5 Å². The number of fused-ring (bicyclic) bond motifs is 3. The van der Waals surface area contributed by atoms with E-state index in [0.29, 0.717) is 5.92 Å². The monoisotopic (exact) mass is 280 g/mol. The van der Waals surface area contributed by atoms with E-state index in [2.05, 4.69) is 49.4 Å². The Morgan fingerprint density at radius 2 is 1.90 bits per heavy atom. The van der Waals surface area contributed by atoms with Gasteiger partial charge in [0.1, 0.15) is 0 Å². The summed E-state index contributed by atoms with van der Waals surface area (Å²) >= 11 is 0. The van der Waals surface area contributed by atoms with E-state index in [1.165, 1.54) is 42.0 Å². The molecule has 2 aliphatic carbocycles. The van der Waals surface area contributed by atoms with E-state index >= 15 is 0 Å². The number of hydrogen-bond donors (Lipinski definition) is 1. The van der Waals surface area contributed by atoms with Crippen LogP contribution in [0.15, 0.2) is 42.5 Å². The molecule has 4 rings (SSSR count). The van der Waals surface area contributed by atoms with Crippen molar-refractivity contribution in [3.63, 3.8) is 0 Å². The van der Waals surface area contributed by atoms with Gasteiger partial charge in [0.2, 0.25) is 0 Å². The smallest absolute Gasteiger partial charge is 0.0579 e. The van der Waals surface area contributed by atoms with Gasteiger partial charge in [0, 0.05) is 5.41 Å². The lowest BCUT2D eigenvalue weighted by Crippen LogP contribution is -2.39. The van der Waals surface area contributed by atoms with Crippen molar-refractivity contribution in [3.05, 3.63) is 48.0 Å². The molecule has 0 aliphatic heterocycles. The van der Waals surface area contributed by atoms with E-state index in [1.54, 1.807) is 0 Å². The Kier molecular flexibility index (Phi) is 3.08. The van der Waals surface area contributed by atoms with Crippen LogP contribution in [-0.2, 0) is 5.41 Å². The van der Waals surface area contributed by atoms with Crippen LogP contribution in [0.2, 0.25) is 0 Å². The van der Waals surface area contributed by atoms with E-state index in [1.807, 2.05) is 0 Å². The topological polar surface area (TPSA) is 20.2 Å². The molecule has 2 aromatic carbocycles. The van der Waals surface area contributed by atoms with E-state index in [0.717, 1.165) is 12.3 Å². The van der Waals surface area contributed by atoms with E-state index in [9.17, 15) is 5.11 Å². The standard InChI is InChI=1S/C20H24O/c1-2-9-20(13-14-10-18(20)19(21)11-14)17-8-7-15-5-3-4-6-16(15)12-17/h3-8,12,14,18-19,21H,2,9-11,13H2,1H3. The maximum absolute atomic E-state index is 10.5. The minimum absolute atomic E-state index is 0.0817. The van der Waals surface area contributed by atoms with Gasteiger partial charge in [-0.05, 0) is 53.9 Å². The molecule has 1 nitrogen and oxygen atoms in total. The molecule has 2 aliphatic rings. The number of hydrogen-bond acceptors (Lipinski definition) is 1. The van der Waals surface area contributed by atoms with Crippen LogP contribution < -0.4 is 0 Å². The van der Waals surface area contributed by atoms with Gasteiger partial charge in [-0.1, -0.05) is 55.8 Å². The van der Waals surface area contributed by atoms with E-state index in [-0.39, 0.29) is 11.5 Å². The first-order valence-electron chi connectivity index (χ1n) is 8.40. The number of aliphatic hydroxyl groups excluding tert-OH is 1. The summed E-state index contributed by atoms with van der Waals surface area (Å²) < 4.78 is 0. The first-order valence-corrected chi connectivity index (χ1v) is 8.40. The van der Waals surface area contributed by atoms with Gasteiger partial charge in [0.05, 0.1) is 6.10 Å². The Labute approximate surface area is 127 Å². The van der Waals surface area contributed by atoms with Gasteiger partial charge in [-0.25, -0.2) is 0 Å². The van der Waals surface area contributed by atoms with Gasteiger partial charge in [-0.15, -0.1) is 0 Å². The molecule has 2 fully saturated rings. The Morgan fingerprint density at radius 1 is 1.10 bits per heavy atom. The minimum atomic E-state index is -0.0817. The molecule has 0 aromatic heterocycles. The Bertz CT molecular complexity index is 662. The van der Waals surface area contributed by atoms with Crippen LogP contribution in [0.4, 0.5) is 0 Å². The van der Waals surface area contributed by atoms with Crippen LogP contribution in [0, 0.1) is 11.8 Å². The molecule has 2 saturated carbocycles. The lowest BCUT2D eigenvalue weighted by atomic mass is 9.65. The predicted octanol–water partition coefficient (Wildman–Crippen LogP) is 4.67. The van der Waals surface area contributed by atoms with Crippen molar-refractivity contribution in [2.24, 2.45) is 11.8 Å². The number of rotatable bonds is 3. The summed E-state index contributed by atoms with van der Waals surface area (Å²) in [7, 11) is 0. The third-order valence-electron chi connectivity index (χ3n) is 6.01. The second kappa shape index (κ2) is 4.84. The van der Waals surface area contributed by atoms with Crippen LogP contribution in [0.5, 0.6) is 0 Å². The first-order chi connectivity index (χ1) is 10.2. The molecule has 0 saturated heterocycles. The minimum Gasteiger partial charge on any atom is -0.393 e. The van der Waals surface area contributed by atoms with Crippen LogP contribution in [0.25, 0.3) is 10.8 Å². The predicted molar refractivity (Wildman–Crippen MR) is 87.4 cm³/mol. The molecule has 110 valence electrons. The van der Waals surface area contributed by atoms with Gasteiger partial charge in [-0.3, -0.25) is 0 Å². The highest BCUT2D eigenvalue weighted by Crippen LogP contribution is 2.59. The lowest BCUT2D eigenvalue weighted by Gasteiger charge is -2.41. The van der Waals surface area contributed by atoms with Crippen molar-refractivity contribution in [1.29, 1.82) is 0 Å². The maximum atomic E-state index is 10.5. The third kappa shape index (κ3) is 1.94. The quantitative estimate of drug-likeness (QED) is 0.866. The van der Waals surface area contributed by atoms with Crippen LogP contribution in [0.1, 0.15) is 44.6 Å². The zero-order valence-corrected chi connectivity index (χ0v) is 12.8. The second-order valence-corrected chi connectivity index (χ2v) is 7.18. The fourth-order valence-electron chi connectivity index (χ4n) is 5.25. The third-order valence-corrected chi connectivity index (χ3v) is 6.01. The summed E-state index contributed by atoms with van der Waals surface area (Å²) in [6.45, 7) is 2.28. The van der Waals surface area contributed by atoms with Gasteiger partial charge in [0.25, 0.3) is 0 Å². The van der Waals surface area contributed by atoms with E-state index < -0.39 is 0 Å². The fourth-order valence-corrected chi connectivity index (χ4v) is 5.25. The highest BCUT2D eigenvalue weighted by atomic mass is 16.3. The van der Waals surface area contributed by atoms with Crippen LogP contribution in [-0.4, -0.2) is 11.2 Å². The summed E-state index contributed by atoms with van der Waals surface area (Å²) in [6.07, 6.45) is 5.87. The first kappa shape index (κ1) is 13.3. The molecule has 4 unspecified atom stereocenters. The molecule has 21 heavy (non-hydrogen) atoms. The Hall–Kier alpha value is -1.34. The number of aliphatic hydroxyl groups is 1. The average Bonchev–Trinajstić information content (AvgIpc) is 3.04. The zero-order chi connectivity index (χ0) is 14.4. The summed E-state index contributed by atoms with van der Waals surface area (Å²) in [4.78, 5) is 0. The molecule has 0 spiro atoms. The second-order valence-electron chi connectivity index (χ2n) is 7.18. The maximum Gasteiger partial charge on any atom is 0.0579 e. The molecule has 2 bridgehead atoms. The molecular formula is C20H24O. The van der Waals surface area contributed by atoms with Gasteiger partial charge in [-0.2, -0.15) is 0 Å². The summed E-state index contributed by atoms with van der Waals surface area (Å²) in [5, 5.41) is 13.1. The van der Waals surface area contributed by atoms with Crippen molar-refractivity contribution in [1.82, 2.24) is 0 Å². The molecule has 1 heteroatoms. The SMILES string of the molecule is CCCC1(c2ccc3ccccc3c2)CC2CC(O)C1C2. The molecule has 4 atom stereocenters. The van der Waals surface area contributed by atoms with Crippen molar-refractivity contribution in [2.75, 3.05) is 0 Å². The van der Waals surface area contributed by atoms with Crippen LogP contribution >= 0.6 is 0 Å². The van der Waals surface area contributed by atoms with Gasteiger partial charge < -0.3 is 5.11 Å². The van der Waals surface area contributed by atoms with Gasteiger partial charge in [0.15, 0.2) is 0 Å². The lowest BCUT2D eigenvalue weighted by molar-refractivity contribution is 0.0584. The van der Waals surface area contributed by atoms with Crippen LogP contribution in [0.3, 0.4) is 0 Å². The molecule has 0 amide bonds. The summed E-state index contributed by atoms with van der Waals surface area (Å²) in [6, 6.07) is 15.6. The van der Waals surface area contributed by atoms with Gasteiger partial charge >= 0.3 is 0 Å². The Balaban J connectivity index is 1.83. The summed E-state index contributed by atoms with van der Waals surface area (Å²) in [5.41, 5.74) is 1.69. The van der Waals surface area contributed by atoms with Crippen molar-refractivity contribution >= 4 is 10.8 Å². The molecule has 2 aromatic rings. The highest BCUT2D eigenvalue weighted by Gasteiger charge is 2.55. The Morgan fingerprint density at radius 3 is 2.62 bits per heavy atom. The molecular weight excluding hydrogens is 256 g/mol. The molecule has 0 radical (unpaired) electrons. The van der Waals surface area contributed by atoms with Crippen molar-refractivity contribution < 1.29 is 5.11 Å². The largest absolute Gasteiger partial charge is 0.393 e. The van der Waals surface area contributed by atoms with E-state index in [4.69, 9.17) is 0 Å². The fraction of sp³-hybridized carbons (Fsp3) is 0.500. The van der Waals surface area contributed by atoms with Crippen molar-refractivity contribution in [3.8, 4) is 0 Å².